The number of nitrogens with one attached hydrogen (secondary N) is 1. The van der Waals surface area contributed by atoms with Crippen LogP contribution in [0.1, 0.15) is 58.1 Å². The van der Waals surface area contributed by atoms with Gasteiger partial charge in [-0.05, 0) is 31.4 Å². The molecular weight excluding hydrogens is 419 g/mol. The van der Waals surface area contributed by atoms with Crippen molar-refractivity contribution in [2.24, 2.45) is 7.05 Å². The molecule has 3 aliphatic rings. The minimum absolute atomic E-state index is 0.0316. The summed E-state index contributed by atoms with van der Waals surface area (Å²) >= 11 is 0. The molecule has 5 rings (SSSR count). The molecule has 1 unspecified atom stereocenters. The molecule has 1 N–H and O–H groups in total. The first-order valence-electron chi connectivity index (χ1n) is 10.5. The molecule has 166 valence electrons. The third-order valence-electron chi connectivity index (χ3n) is 6.45. The second-order valence-corrected chi connectivity index (χ2v) is 8.36. The number of halogens is 1. The molecule has 10 nitrogen and oxygen atoms in total. The molecule has 4 heterocycles. The molecule has 4 amide bonds. The summed E-state index contributed by atoms with van der Waals surface area (Å²) in [4.78, 5) is 52.1. The van der Waals surface area contributed by atoms with Crippen molar-refractivity contribution >= 4 is 29.3 Å². The minimum atomic E-state index is -1.08. The monoisotopic (exact) mass is 440 g/mol. The topological polar surface area (TPSA) is 118 Å². The Balaban J connectivity index is 1.38. The number of nitrogens with zero attached hydrogens (tertiary/aromatic N) is 5. The van der Waals surface area contributed by atoms with Gasteiger partial charge in [-0.3, -0.25) is 29.4 Å². The molecule has 3 aliphatic heterocycles. The number of carbonyl (C=O) groups is 4. The van der Waals surface area contributed by atoms with Crippen molar-refractivity contribution in [3.05, 3.63) is 41.2 Å². The van der Waals surface area contributed by atoms with Gasteiger partial charge >= 0.3 is 0 Å². The number of hydrogen-bond acceptors (Lipinski definition) is 7. The molecule has 1 aromatic heterocycles. The maximum Gasteiger partial charge on any atom is 0.262 e. The van der Waals surface area contributed by atoms with Gasteiger partial charge in [-0.2, -0.15) is 0 Å². The van der Waals surface area contributed by atoms with E-state index in [0.29, 0.717) is 13.1 Å². The zero-order valence-electron chi connectivity index (χ0n) is 17.4. The van der Waals surface area contributed by atoms with Crippen LogP contribution in [0.3, 0.4) is 0 Å². The van der Waals surface area contributed by atoms with Crippen LogP contribution in [-0.4, -0.2) is 62.4 Å². The van der Waals surface area contributed by atoms with Gasteiger partial charge in [0.15, 0.2) is 0 Å². The molecule has 2 saturated heterocycles. The zero-order valence-corrected chi connectivity index (χ0v) is 17.4. The summed E-state index contributed by atoms with van der Waals surface area (Å²) in [5.41, 5.74) is 0.271. The van der Waals surface area contributed by atoms with Crippen molar-refractivity contribution in [1.29, 1.82) is 0 Å². The molecule has 32 heavy (non-hydrogen) atoms. The summed E-state index contributed by atoms with van der Waals surface area (Å²) in [7, 11) is 1.89. The summed E-state index contributed by atoms with van der Waals surface area (Å²) in [5, 5.41) is 10.2. The number of carbonyl (C=O) groups excluding carboxylic acids is 4. The predicted molar refractivity (Wildman–Crippen MR) is 108 cm³/mol. The van der Waals surface area contributed by atoms with Gasteiger partial charge in [-0.1, -0.05) is 0 Å². The van der Waals surface area contributed by atoms with E-state index in [2.05, 4.69) is 15.5 Å². The number of benzene rings is 1. The summed E-state index contributed by atoms with van der Waals surface area (Å²) in [5.74, 6) is -1.99. The SMILES string of the molecule is Cn1cnnc1C1CCN(c2cc3c(cc2F)C(=O)N(C2CCC(=O)NC2=O)C3=O)CC1. The Morgan fingerprint density at radius 2 is 1.72 bits per heavy atom. The first-order chi connectivity index (χ1) is 15.3. The zero-order chi connectivity index (χ0) is 22.6. The Bertz CT molecular complexity index is 1150. The van der Waals surface area contributed by atoms with Crippen LogP contribution in [0, 0.1) is 5.82 Å². The lowest BCUT2D eigenvalue weighted by atomic mass is 9.95. The van der Waals surface area contributed by atoms with E-state index < -0.39 is 35.5 Å². The molecule has 0 radical (unpaired) electrons. The molecule has 1 atom stereocenters. The molecule has 0 bridgehead atoms. The van der Waals surface area contributed by atoms with E-state index in [1.165, 1.54) is 6.07 Å². The third kappa shape index (κ3) is 3.15. The summed E-state index contributed by atoms with van der Waals surface area (Å²) < 4.78 is 16.9. The van der Waals surface area contributed by atoms with Gasteiger partial charge in [-0.25, -0.2) is 4.39 Å². The van der Waals surface area contributed by atoms with Crippen LogP contribution >= 0.6 is 0 Å². The number of amides is 4. The number of piperidine rings is 2. The highest BCUT2D eigenvalue weighted by molar-refractivity contribution is 6.23. The quantitative estimate of drug-likeness (QED) is 0.700. The fourth-order valence-corrected chi connectivity index (χ4v) is 4.76. The molecule has 0 spiro atoms. The predicted octanol–water partition coefficient (Wildman–Crippen LogP) is 0.739. The number of fused-ring (bicyclic) bond motifs is 1. The standard InChI is InChI=1S/C21H21FN6O4/c1-26-10-23-25-18(26)11-4-6-27(7-5-11)16-9-13-12(8-14(16)22)20(31)28(21(13)32)15-2-3-17(29)24-19(15)30/h8-11,15H,2-7H2,1H3,(H,24,29,30). The van der Waals surface area contributed by atoms with Crippen molar-refractivity contribution in [2.45, 2.75) is 37.6 Å². The van der Waals surface area contributed by atoms with Crippen molar-refractivity contribution in [3.63, 3.8) is 0 Å². The van der Waals surface area contributed by atoms with Crippen LogP contribution < -0.4 is 10.2 Å². The lowest BCUT2D eigenvalue weighted by Crippen LogP contribution is -2.54. The van der Waals surface area contributed by atoms with Gasteiger partial charge in [0.25, 0.3) is 11.8 Å². The number of rotatable bonds is 3. The Morgan fingerprint density at radius 3 is 2.34 bits per heavy atom. The average Bonchev–Trinajstić information content (AvgIpc) is 3.29. The van der Waals surface area contributed by atoms with E-state index in [1.54, 1.807) is 6.33 Å². The lowest BCUT2D eigenvalue weighted by Gasteiger charge is -2.33. The molecule has 0 saturated carbocycles. The van der Waals surface area contributed by atoms with Crippen LogP contribution in [0.4, 0.5) is 10.1 Å². The van der Waals surface area contributed by atoms with Crippen LogP contribution in [-0.2, 0) is 16.6 Å². The van der Waals surface area contributed by atoms with Crippen LogP contribution in [0.2, 0.25) is 0 Å². The smallest absolute Gasteiger partial charge is 0.262 e. The molecule has 1 aromatic carbocycles. The van der Waals surface area contributed by atoms with E-state index in [-0.39, 0.29) is 35.6 Å². The van der Waals surface area contributed by atoms with Gasteiger partial charge in [0.05, 0.1) is 16.8 Å². The molecule has 11 heteroatoms. The fraction of sp³-hybridized carbons (Fsp3) is 0.429. The minimum Gasteiger partial charge on any atom is -0.369 e. The highest BCUT2D eigenvalue weighted by atomic mass is 19.1. The van der Waals surface area contributed by atoms with Gasteiger partial charge in [0.1, 0.15) is 24.0 Å². The maximum atomic E-state index is 15.0. The Hall–Kier alpha value is -3.63. The van der Waals surface area contributed by atoms with Crippen molar-refractivity contribution in [2.75, 3.05) is 18.0 Å². The summed E-state index contributed by atoms with van der Waals surface area (Å²) in [6.45, 7) is 1.12. The Kier molecular flexibility index (Phi) is 4.75. The molecule has 2 aromatic rings. The first kappa shape index (κ1) is 20.3. The van der Waals surface area contributed by atoms with Gasteiger partial charge in [-0.15, -0.1) is 10.2 Å². The van der Waals surface area contributed by atoms with Crippen LogP contribution in [0.25, 0.3) is 0 Å². The highest BCUT2D eigenvalue weighted by Crippen LogP contribution is 2.35. The Labute approximate surface area is 182 Å². The summed E-state index contributed by atoms with van der Waals surface area (Å²) in [6, 6.07) is 1.40. The highest BCUT2D eigenvalue weighted by Gasteiger charge is 2.45. The normalized spacial score (nSPS) is 21.9. The largest absolute Gasteiger partial charge is 0.369 e. The first-order valence-corrected chi connectivity index (χ1v) is 10.5. The van der Waals surface area contributed by atoms with E-state index >= 15 is 0 Å². The number of aryl methyl sites for hydroxylation is 1. The van der Waals surface area contributed by atoms with E-state index in [1.807, 2.05) is 16.5 Å². The van der Waals surface area contributed by atoms with Crippen molar-refractivity contribution in [3.8, 4) is 0 Å². The maximum absolute atomic E-state index is 15.0. The molecular formula is C21H21FN6O4. The average molecular weight is 440 g/mol. The number of imide groups is 2. The second kappa shape index (κ2) is 7.50. The van der Waals surface area contributed by atoms with Crippen molar-refractivity contribution < 1.29 is 23.6 Å². The van der Waals surface area contributed by atoms with E-state index in [0.717, 1.165) is 29.6 Å². The van der Waals surface area contributed by atoms with Crippen LogP contribution in [0.15, 0.2) is 18.5 Å². The fourth-order valence-electron chi connectivity index (χ4n) is 4.76. The number of aromatic nitrogens is 3. The second-order valence-electron chi connectivity index (χ2n) is 8.36. The van der Waals surface area contributed by atoms with E-state index in [4.69, 9.17) is 0 Å². The lowest BCUT2D eigenvalue weighted by molar-refractivity contribution is -0.136. The molecule has 0 aliphatic carbocycles. The number of hydrogen-bond donors (Lipinski definition) is 1. The van der Waals surface area contributed by atoms with Gasteiger partial charge in [0.2, 0.25) is 11.8 Å². The Morgan fingerprint density at radius 1 is 1.03 bits per heavy atom. The third-order valence-corrected chi connectivity index (χ3v) is 6.45. The summed E-state index contributed by atoms with van der Waals surface area (Å²) in [6.07, 6.45) is 3.24. The number of anilines is 1. The van der Waals surface area contributed by atoms with Gasteiger partial charge in [0, 0.05) is 32.5 Å². The van der Waals surface area contributed by atoms with Crippen LogP contribution in [0.5, 0.6) is 0 Å². The van der Waals surface area contributed by atoms with Gasteiger partial charge < -0.3 is 9.47 Å². The van der Waals surface area contributed by atoms with E-state index in [9.17, 15) is 23.6 Å². The molecule has 2 fully saturated rings. The van der Waals surface area contributed by atoms with Crippen molar-refractivity contribution in [1.82, 2.24) is 25.0 Å².